The van der Waals surface area contributed by atoms with E-state index in [-0.39, 0.29) is 6.03 Å². The molecule has 0 aliphatic rings. The lowest BCUT2D eigenvalue weighted by atomic mass is 10.2. The number of ether oxygens (including phenoxy) is 1. The number of hydrogen-bond donors (Lipinski definition) is 1. The molecule has 0 radical (unpaired) electrons. The molecule has 22 heavy (non-hydrogen) atoms. The van der Waals surface area contributed by atoms with Gasteiger partial charge in [0, 0.05) is 18.6 Å². The van der Waals surface area contributed by atoms with Crippen LogP contribution in [0.4, 0.5) is 10.5 Å². The Morgan fingerprint density at radius 2 is 1.86 bits per heavy atom. The first kappa shape index (κ1) is 16.2. The van der Waals surface area contributed by atoms with Crippen molar-refractivity contribution in [3.8, 4) is 5.75 Å². The lowest BCUT2D eigenvalue weighted by Gasteiger charge is -2.19. The van der Waals surface area contributed by atoms with E-state index in [4.69, 9.17) is 16.3 Å². The van der Waals surface area contributed by atoms with Gasteiger partial charge in [-0.25, -0.2) is 4.79 Å². The van der Waals surface area contributed by atoms with Crippen molar-refractivity contribution >= 4 is 23.3 Å². The molecule has 4 nitrogen and oxygen atoms in total. The standard InChI is InChI=1S/C17H19ClN2O2/c1-3-22-16-11-7-6-10-15(16)19-17(21)20(2)12-13-8-4-5-9-14(13)18/h4-11H,3,12H2,1-2H3,(H,19,21). The number of urea groups is 1. The highest BCUT2D eigenvalue weighted by molar-refractivity contribution is 6.31. The predicted octanol–water partition coefficient (Wildman–Crippen LogP) is 4.40. The average Bonchev–Trinajstić information content (AvgIpc) is 2.51. The number of para-hydroxylation sites is 2. The predicted molar refractivity (Wildman–Crippen MR) is 89.5 cm³/mol. The molecule has 0 aliphatic carbocycles. The molecule has 0 saturated carbocycles. The van der Waals surface area contributed by atoms with Crippen LogP contribution in [0, 0.1) is 0 Å². The molecule has 116 valence electrons. The Balaban J connectivity index is 2.04. The molecule has 2 amide bonds. The molecular weight excluding hydrogens is 300 g/mol. The van der Waals surface area contributed by atoms with Crippen LogP contribution in [-0.2, 0) is 6.54 Å². The fraction of sp³-hybridized carbons (Fsp3) is 0.235. The summed E-state index contributed by atoms with van der Waals surface area (Å²) < 4.78 is 5.50. The Morgan fingerprint density at radius 1 is 1.18 bits per heavy atom. The molecule has 2 rings (SSSR count). The molecule has 0 fully saturated rings. The van der Waals surface area contributed by atoms with E-state index >= 15 is 0 Å². The summed E-state index contributed by atoms with van der Waals surface area (Å²) in [7, 11) is 1.72. The van der Waals surface area contributed by atoms with Crippen LogP contribution in [0.2, 0.25) is 5.02 Å². The van der Waals surface area contributed by atoms with E-state index in [0.717, 1.165) is 5.56 Å². The van der Waals surface area contributed by atoms with E-state index in [2.05, 4.69) is 5.32 Å². The maximum atomic E-state index is 12.3. The lowest BCUT2D eigenvalue weighted by molar-refractivity contribution is 0.220. The monoisotopic (exact) mass is 318 g/mol. The lowest BCUT2D eigenvalue weighted by Crippen LogP contribution is -2.31. The molecule has 0 spiro atoms. The zero-order valence-electron chi connectivity index (χ0n) is 12.7. The summed E-state index contributed by atoms with van der Waals surface area (Å²) >= 11 is 6.12. The molecule has 2 aromatic carbocycles. The fourth-order valence-corrected chi connectivity index (χ4v) is 2.21. The average molecular weight is 319 g/mol. The fourth-order valence-electron chi connectivity index (χ4n) is 2.02. The Kier molecular flexibility index (Phi) is 5.67. The van der Waals surface area contributed by atoms with Gasteiger partial charge in [0.25, 0.3) is 0 Å². The third kappa shape index (κ3) is 4.15. The van der Waals surface area contributed by atoms with Crippen LogP contribution in [-0.4, -0.2) is 24.6 Å². The number of nitrogens with zero attached hydrogens (tertiary/aromatic N) is 1. The Hall–Kier alpha value is -2.20. The summed E-state index contributed by atoms with van der Waals surface area (Å²) in [5.41, 5.74) is 1.56. The van der Waals surface area contributed by atoms with Gasteiger partial charge in [0.15, 0.2) is 0 Å². The number of anilines is 1. The number of carbonyl (C=O) groups excluding carboxylic acids is 1. The number of rotatable bonds is 5. The first-order valence-corrected chi connectivity index (χ1v) is 7.47. The topological polar surface area (TPSA) is 41.6 Å². The third-order valence-corrected chi connectivity index (χ3v) is 3.51. The number of carbonyl (C=O) groups is 1. The SMILES string of the molecule is CCOc1ccccc1NC(=O)N(C)Cc1ccccc1Cl. The molecule has 0 unspecified atom stereocenters. The number of halogens is 1. The van der Waals surface area contributed by atoms with E-state index in [1.54, 1.807) is 11.9 Å². The zero-order valence-corrected chi connectivity index (χ0v) is 13.4. The molecule has 0 aromatic heterocycles. The molecular formula is C17H19ClN2O2. The van der Waals surface area contributed by atoms with Gasteiger partial charge in [-0.3, -0.25) is 0 Å². The maximum absolute atomic E-state index is 12.3. The van der Waals surface area contributed by atoms with Gasteiger partial charge < -0.3 is 15.0 Å². The summed E-state index contributed by atoms with van der Waals surface area (Å²) in [4.78, 5) is 13.9. The van der Waals surface area contributed by atoms with Gasteiger partial charge >= 0.3 is 6.03 Å². The highest BCUT2D eigenvalue weighted by Crippen LogP contribution is 2.24. The van der Waals surface area contributed by atoms with Gasteiger partial charge in [-0.15, -0.1) is 0 Å². The van der Waals surface area contributed by atoms with E-state index in [9.17, 15) is 4.79 Å². The summed E-state index contributed by atoms with van der Waals surface area (Å²) in [6.07, 6.45) is 0. The quantitative estimate of drug-likeness (QED) is 0.887. The van der Waals surface area contributed by atoms with Crippen LogP contribution in [0.25, 0.3) is 0 Å². The zero-order chi connectivity index (χ0) is 15.9. The second-order valence-electron chi connectivity index (χ2n) is 4.81. The molecule has 2 aromatic rings. The van der Waals surface area contributed by atoms with Crippen molar-refractivity contribution in [2.24, 2.45) is 0 Å². The van der Waals surface area contributed by atoms with Crippen molar-refractivity contribution < 1.29 is 9.53 Å². The van der Waals surface area contributed by atoms with Crippen LogP contribution >= 0.6 is 11.6 Å². The molecule has 0 aliphatic heterocycles. The smallest absolute Gasteiger partial charge is 0.321 e. The number of nitrogens with one attached hydrogen (secondary N) is 1. The van der Waals surface area contributed by atoms with Gasteiger partial charge in [-0.1, -0.05) is 41.9 Å². The van der Waals surface area contributed by atoms with E-state index in [1.807, 2.05) is 55.5 Å². The highest BCUT2D eigenvalue weighted by Gasteiger charge is 2.13. The summed E-state index contributed by atoms with van der Waals surface area (Å²) in [6.45, 7) is 2.88. The minimum atomic E-state index is -0.216. The normalized spacial score (nSPS) is 10.1. The summed E-state index contributed by atoms with van der Waals surface area (Å²) in [6, 6.07) is 14.6. The Labute approximate surface area is 135 Å². The van der Waals surface area contributed by atoms with Crippen molar-refractivity contribution in [3.63, 3.8) is 0 Å². The third-order valence-electron chi connectivity index (χ3n) is 3.14. The molecule has 1 N–H and O–H groups in total. The second kappa shape index (κ2) is 7.71. The summed E-state index contributed by atoms with van der Waals surface area (Å²) in [5.74, 6) is 0.657. The first-order chi connectivity index (χ1) is 10.6. The number of amides is 2. The van der Waals surface area contributed by atoms with Gasteiger partial charge in [0.05, 0.1) is 12.3 Å². The Bertz CT molecular complexity index is 646. The number of benzene rings is 2. The minimum Gasteiger partial charge on any atom is -0.492 e. The molecule has 0 bridgehead atoms. The van der Waals surface area contributed by atoms with E-state index in [1.165, 1.54) is 0 Å². The largest absolute Gasteiger partial charge is 0.492 e. The van der Waals surface area contributed by atoms with Crippen LogP contribution in [0.3, 0.4) is 0 Å². The van der Waals surface area contributed by atoms with Crippen LogP contribution in [0.1, 0.15) is 12.5 Å². The molecule has 0 heterocycles. The van der Waals surface area contributed by atoms with Crippen molar-refractivity contribution in [1.82, 2.24) is 4.90 Å². The minimum absolute atomic E-state index is 0.216. The van der Waals surface area contributed by atoms with E-state index in [0.29, 0.717) is 29.6 Å². The van der Waals surface area contributed by atoms with Crippen molar-refractivity contribution in [2.75, 3.05) is 19.0 Å². The van der Waals surface area contributed by atoms with Gasteiger partial charge in [0.2, 0.25) is 0 Å². The van der Waals surface area contributed by atoms with Crippen LogP contribution < -0.4 is 10.1 Å². The van der Waals surface area contributed by atoms with Gasteiger partial charge in [0.1, 0.15) is 5.75 Å². The summed E-state index contributed by atoms with van der Waals surface area (Å²) in [5, 5.41) is 3.50. The maximum Gasteiger partial charge on any atom is 0.321 e. The Morgan fingerprint density at radius 3 is 2.59 bits per heavy atom. The van der Waals surface area contributed by atoms with Crippen molar-refractivity contribution in [2.45, 2.75) is 13.5 Å². The molecule has 0 atom stereocenters. The van der Waals surface area contributed by atoms with Crippen LogP contribution in [0.5, 0.6) is 5.75 Å². The second-order valence-corrected chi connectivity index (χ2v) is 5.21. The highest BCUT2D eigenvalue weighted by atomic mass is 35.5. The first-order valence-electron chi connectivity index (χ1n) is 7.09. The van der Waals surface area contributed by atoms with Crippen LogP contribution in [0.15, 0.2) is 48.5 Å². The molecule has 0 saturated heterocycles. The van der Waals surface area contributed by atoms with E-state index < -0.39 is 0 Å². The van der Waals surface area contributed by atoms with Gasteiger partial charge in [-0.2, -0.15) is 0 Å². The van der Waals surface area contributed by atoms with Crippen molar-refractivity contribution in [1.29, 1.82) is 0 Å². The number of hydrogen-bond acceptors (Lipinski definition) is 2. The molecule has 5 heteroatoms. The van der Waals surface area contributed by atoms with Gasteiger partial charge in [-0.05, 0) is 30.7 Å². The van der Waals surface area contributed by atoms with Crippen molar-refractivity contribution in [3.05, 3.63) is 59.1 Å².